The molecule has 2 unspecified atom stereocenters. The van der Waals surface area contributed by atoms with Gasteiger partial charge in [-0.25, -0.2) is 0 Å². The van der Waals surface area contributed by atoms with Gasteiger partial charge < -0.3 is 9.84 Å². The first-order chi connectivity index (χ1) is 11.7. The van der Waals surface area contributed by atoms with Crippen LogP contribution >= 0.6 is 0 Å². The summed E-state index contributed by atoms with van der Waals surface area (Å²) in [6.45, 7) is 10.8. The van der Waals surface area contributed by atoms with Crippen molar-refractivity contribution in [2.45, 2.75) is 58.9 Å². The molecule has 3 rings (SSSR count). The molecule has 4 nitrogen and oxygen atoms in total. The third kappa shape index (κ3) is 3.63. The summed E-state index contributed by atoms with van der Waals surface area (Å²) in [4.78, 5) is 12.4. The molecule has 1 aromatic carbocycles. The number of nitrogens with zero attached hydrogens (tertiary/aromatic N) is 1. The van der Waals surface area contributed by atoms with E-state index in [2.05, 4.69) is 51.2 Å². The molecule has 134 valence electrons. The van der Waals surface area contributed by atoms with Crippen LogP contribution in [0.5, 0.6) is 0 Å². The number of benzene rings is 1. The highest BCUT2D eigenvalue weighted by Crippen LogP contribution is 2.48. The molecule has 1 saturated carbocycles. The van der Waals surface area contributed by atoms with E-state index in [-0.39, 0.29) is 22.8 Å². The Balaban J connectivity index is 1.60. The van der Waals surface area contributed by atoms with E-state index in [1.807, 2.05) is 30.3 Å². The molecule has 4 heteroatoms. The number of carbonyl (C=O) groups is 1. The lowest BCUT2D eigenvalue weighted by atomic mass is 9.57. The highest BCUT2D eigenvalue weighted by atomic mass is 16.5. The van der Waals surface area contributed by atoms with Crippen molar-refractivity contribution in [1.29, 1.82) is 0 Å². The summed E-state index contributed by atoms with van der Waals surface area (Å²) in [5.41, 5.74) is 1.75. The summed E-state index contributed by atoms with van der Waals surface area (Å²) in [5, 5.41) is 7.43. The summed E-state index contributed by atoms with van der Waals surface area (Å²) in [7, 11) is 0. The normalized spacial score (nSPS) is 22.3. The third-order valence-electron chi connectivity index (χ3n) is 5.57. The summed E-state index contributed by atoms with van der Waals surface area (Å²) in [5.74, 6) is 1.42. The molecule has 1 heterocycles. The van der Waals surface area contributed by atoms with Gasteiger partial charge in [0.25, 0.3) is 5.91 Å². The van der Waals surface area contributed by atoms with E-state index in [0.717, 1.165) is 24.3 Å². The lowest BCUT2D eigenvalue weighted by Crippen LogP contribution is -2.58. The van der Waals surface area contributed by atoms with Crippen molar-refractivity contribution in [3.05, 3.63) is 53.4 Å². The van der Waals surface area contributed by atoms with Crippen LogP contribution in [0.1, 0.15) is 62.9 Å². The van der Waals surface area contributed by atoms with Gasteiger partial charge in [0.2, 0.25) is 0 Å². The standard InChI is InChI=1S/C21H28N2O2/c1-20(2,3)18-13-16(23-25-18)11-15-12-17(21(15,4)5)22-19(24)14-9-7-6-8-10-14/h6-10,13,15,17H,11-12H2,1-5H3,(H,22,24). The van der Waals surface area contributed by atoms with Gasteiger partial charge in [-0.2, -0.15) is 0 Å². The predicted octanol–water partition coefficient (Wildman–Crippen LogP) is 4.36. The second-order valence-corrected chi connectivity index (χ2v) is 8.78. The first-order valence-corrected chi connectivity index (χ1v) is 9.00. The average Bonchev–Trinajstić information content (AvgIpc) is 3.03. The molecule has 0 aliphatic heterocycles. The average molecular weight is 340 g/mol. The second-order valence-electron chi connectivity index (χ2n) is 8.78. The van der Waals surface area contributed by atoms with E-state index in [0.29, 0.717) is 11.5 Å². The molecule has 1 amide bonds. The molecule has 0 radical (unpaired) electrons. The van der Waals surface area contributed by atoms with Crippen molar-refractivity contribution in [2.24, 2.45) is 11.3 Å². The van der Waals surface area contributed by atoms with E-state index in [1.165, 1.54) is 0 Å². The molecule has 1 fully saturated rings. The van der Waals surface area contributed by atoms with Crippen molar-refractivity contribution >= 4 is 5.91 Å². The Morgan fingerprint density at radius 3 is 2.52 bits per heavy atom. The third-order valence-corrected chi connectivity index (χ3v) is 5.57. The van der Waals surface area contributed by atoms with Gasteiger partial charge in [0.1, 0.15) is 5.76 Å². The topological polar surface area (TPSA) is 55.1 Å². The smallest absolute Gasteiger partial charge is 0.251 e. The first kappa shape index (κ1) is 17.7. The van der Waals surface area contributed by atoms with Crippen LogP contribution in [-0.2, 0) is 11.8 Å². The van der Waals surface area contributed by atoms with Gasteiger partial charge in [-0.3, -0.25) is 4.79 Å². The molecular weight excluding hydrogens is 312 g/mol. The Labute approximate surface area is 150 Å². The Morgan fingerprint density at radius 2 is 1.96 bits per heavy atom. The van der Waals surface area contributed by atoms with Crippen molar-refractivity contribution < 1.29 is 9.32 Å². The van der Waals surface area contributed by atoms with E-state index in [4.69, 9.17) is 4.52 Å². The van der Waals surface area contributed by atoms with Crippen LogP contribution in [0.2, 0.25) is 0 Å². The summed E-state index contributed by atoms with van der Waals surface area (Å²) < 4.78 is 5.50. The number of aromatic nitrogens is 1. The molecule has 1 N–H and O–H groups in total. The summed E-state index contributed by atoms with van der Waals surface area (Å²) >= 11 is 0. The lowest BCUT2D eigenvalue weighted by Gasteiger charge is -2.52. The molecule has 1 aromatic heterocycles. The fraction of sp³-hybridized carbons (Fsp3) is 0.524. The molecule has 2 aromatic rings. The van der Waals surface area contributed by atoms with E-state index in [9.17, 15) is 4.79 Å². The fourth-order valence-electron chi connectivity index (χ4n) is 3.45. The molecule has 0 bridgehead atoms. The number of carbonyl (C=O) groups excluding carboxylic acids is 1. The van der Waals surface area contributed by atoms with Gasteiger partial charge in [0, 0.05) is 23.1 Å². The van der Waals surface area contributed by atoms with E-state index < -0.39 is 0 Å². The molecule has 0 saturated heterocycles. The van der Waals surface area contributed by atoms with Crippen LogP contribution in [0.25, 0.3) is 0 Å². The van der Waals surface area contributed by atoms with Crippen LogP contribution < -0.4 is 5.32 Å². The Hall–Kier alpha value is -2.10. The molecular formula is C21H28N2O2. The molecule has 2 atom stereocenters. The zero-order chi connectivity index (χ0) is 18.2. The van der Waals surface area contributed by atoms with Crippen LogP contribution in [-0.4, -0.2) is 17.1 Å². The second kappa shape index (κ2) is 6.32. The van der Waals surface area contributed by atoms with Crippen LogP contribution in [0.15, 0.2) is 40.9 Å². The fourth-order valence-corrected chi connectivity index (χ4v) is 3.45. The minimum Gasteiger partial charge on any atom is -0.361 e. The summed E-state index contributed by atoms with van der Waals surface area (Å²) in [6.07, 6.45) is 1.87. The number of hydrogen-bond donors (Lipinski definition) is 1. The molecule has 25 heavy (non-hydrogen) atoms. The zero-order valence-corrected chi connectivity index (χ0v) is 15.8. The van der Waals surface area contributed by atoms with Crippen molar-refractivity contribution in [1.82, 2.24) is 10.5 Å². The van der Waals surface area contributed by atoms with Gasteiger partial charge in [-0.05, 0) is 36.3 Å². The van der Waals surface area contributed by atoms with Gasteiger partial charge in [-0.1, -0.05) is 58.0 Å². The number of amides is 1. The SMILES string of the molecule is CC(C)(C)c1cc(CC2CC(NC(=O)c3ccccc3)C2(C)C)no1. The van der Waals surface area contributed by atoms with Gasteiger partial charge in [0.05, 0.1) is 5.69 Å². The van der Waals surface area contributed by atoms with Crippen molar-refractivity contribution in [3.8, 4) is 0 Å². The van der Waals surface area contributed by atoms with Gasteiger partial charge >= 0.3 is 0 Å². The lowest BCUT2D eigenvalue weighted by molar-refractivity contribution is 0.0138. The molecule has 1 aliphatic rings. The minimum atomic E-state index is -0.0213. The first-order valence-electron chi connectivity index (χ1n) is 9.00. The van der Waals surface area contributed by atoms with Crippen LogP contribution in [0.3, 0.4) is 0 Å². The number of hydrogen-bond acceptors (Lipinski definition) is 3. The van der Waals surface area contributed by atoms with E-state index in [1.54, 1.807) is 0 Å². The molecule has 1 aliphatic carbocycles. The Bertz CT molecular complexity index is 741. The maximum atomic E-state index is 12.4. The van der Waals surface area contributed by atoms with Crippen molar-refractivity contribution in [2.75, 3.05) is 0 Å². The maximum Gasteiger partial charge on any atom is 0.251 e. The van der Waals surface area contributed by atoms with E-state index >= 15 is 0 Å². The number of rotatable bonds is 4. The predicted molar refractivity (Wildman–Crippen MR) is 98.5 cm³/mol. The number of nitrogens with one attached hydrogen (secondary N) is 1. The quantitative estimate of drug-likeness (QED) is 0.900. The largest absolute Gasteiger partial charge is 0.361 e. The Morgan fingerprint density at radius 1 is 1.28 bits per heavy atom. The van der Waals surface area contributed by atoms with Crippen molar-refractivity contribution in [3.63, 3.8) is 0 Å². The van der Waals surface area contributed by atoms with Crippen LogP contribution in [0, 0.1) is 11.3 Å². The van der Waals surface area contributed by atoms with Gasteiger partial charge in [-0.15, -0.1) is 0 Å². The highest BCUT2D eigenvalue weighted by Gasteiger charge is 2.48. The zero-order valence-electron chi connectivity index (χ0n) is 15.8. The van der Waals surface area contributed by atoms with Gasteiger partial charge in [0.15, 0.2) is 0 Å². The monoisotopic (exact) mass is 340 g/mol. The minimum absolute atomic E-state index is 0.00794. The summed E-state index contributed by atoms with van der Waals surface area (Å²) in [6, 6.07) is 11.7. The Kier molecular flexibility index (Phi) is 4.48. The van der Waals surface area contributed by atoms with Crippen LogP contribution in [0.4, 0.5) is 0 Å². The maximum absolute atomic E-state index is 12.4. The highest BCUT2D eigenvalue weighted by molar-refractivity contribution is 5.94. The molecule has 0 spiro atoms.